The van der Waals surface area contributed by atoms with Gasteiger partial charge in [0.1, 0.15) is 0 Å². The Morgan fingerprint density at radius 3 is 2.05 bits per heavy atom. The molecular formula is C12H23O6P. The van der Waals surface area contributed by atoms with Gasteiger partial charge in [-0.3, -0.25) is 4.57 Å². The van der Waals surface area contributed by atoms with E-state index >= 15 is 0 Å². The van der Waals surface area contributed by atoms with Gasteiger partial charge in [0.15, 0.2) is 0 Å². The summed E-state index contributed by atoms with van der Waals surface area (Å²) < 4.78 is 32.9. The summed E-state index contributed by atoms with van der Waals surface area (Å²) in [6.07, 6.45) is 0. The predicted octanol–water partition coefficient (Wildman–Crippen LogP) is 2.73. The van der Waals surface area contributed by atoms with E-state index in [0.717, 1.165) is 0 Å². The lowest BCUT2D eigenvalue weighted by Crippen LogP contribution is -2.29. The molecule has 0 aromatic rings. The normalized spacial score (nSPS) is 13.1. The van der Waals surface area contributed by atoms with Crippen LogP contribution in [0.2, 0.25) is 0 Å². The van der Waals surface area contributed by atoms with Crippen LogP contribution in [-0.4, -0.2) is 38.2 Å². The third-order valence-corrected chi connectivity index (χ3v) is 4.05. The second-order valence-corrected chi connectivity index (χ2v) is 5.81. The zero-order chi connectivity index (χ0) is 14.9. The first-order chi connectivity index (χ1) is 8.91. The van der Waals surface area contributed by atoms with Crippen molar-refractivity contribution in [3.63, 3.8) is 0 Å². The van der Waals surface area contributed by atoms with Crippen molar-refractivity contribution in [1.29, 1.82) is 0 Å². The van der Waals surface area contributed by atoms with Crippen molar-refractivity contribution >= 4 is 13.6 Å². The average Bonchev–Trinajstić information content (AvgIpc) is 2.29. The molecule has 0 aromatic heterocycles. The van der Waals surface area contributed by atoms with Crippen LogP contribution in [0.3, 0.4) is 0 Å². The first-order valence-electron chi connectivity index (χ1n) is 6.22. The lowest BCUT2D eigenvalue weighted by molar-refractivity contribution is -0.151. The highest BCUT2D eigenvalue weighted by Crippen LogP contribution is 2.53. The summed E-state index contributed by atoms with van der Waals surface area (Å²) in [5, 5.41) is 0. The Bertz CT molecular complexity index is 331. The molecule has 0 aliphatic heterocycles. The maximum absolute atomic E-state index is 12.5. The van der Waals surface area contributed by atoms with Crippen LogP contribution in [0, 0.1) is 0 Å². The molecule has 112 valence electrons. The minimum absolute atomic E-state index is 0.0770. The van der Waals surface area contributed by atoms with E-state index < -0.39 is 19.4 Å². The Morgan fingerprint density at radius 1 is 1.16 bits per heavy atom. The summed E-state index contributed by atoms with van der Waals surface area (Å²) in [5.74, 6) is -2.14. The fraction of sp³-hybridized carbons (Fsp3) is 0.750. The predicted molar refractivity (Wildman–Crippen MR) is 72.0 cm³/mol. The van der Waals surface area contributed by atoms with Gasteiger partial charge in [-0.05, 0) is 27.7 Å². The van der Waals surface area contributed by atoms with Gasteiger partial charge in [0, 0.05) is 0 Å². The molecule has 0 saturated carbocycles. The molecule has 0 aliphatic rings. The maximum atomic E-state index is 12.5. The molecule has 0 fully saturated rings. The number of hydrogen-bond donors (Lipinski definition) is 0. The summed E-state index contributed by atoms with van der Waals surface area (Å²) in [4.78, 5) is 11.8. The quantitative estimate of drug-likeness (QED) is 0.350. The van der Waals surface area contributed by atoms with E-state index in [0.29, 0.717) is 5.57 Å². The highest BCUT2D eigenvalue weighted by atomic mass is 31.2. The fourth-order valence-electron chi connectivity index (χ4n) is 1.26. The van der Waals surface area contributed by atoms with Crippen LogP contribution < -0.4 is 0 Å². The van der Waals surface area contributed by atoms with Crippen LogP contribution in [0.1, 0.15) is 27.7 Å². The Kier molecular flexibility index (Phi) is 8.93. The standard InChI is InChI=1S/C12H23O6P/c1-6-15-11(13)12(16-9-10(4)5)19(14,17-7-2)18-8-3/h12H,4,6-9H2,1-3,5H3/t12-/m1/s1. The number of esters is 1. The van der Waals surface area contributed by atoms with Crippen molar-refractivity contribution in [3.8, 4) is 0 Å². The van der Waals surface area contributed by atoms with Gasteiger partial charge in [0.25, 0.3) is 5.85 Å². The van der Waals surface area contributed by atoms with E-state index in [4.69, 9.17) is 18.5 Å². The molecule has 0 rings (SSSR count). The molecule has 0 bridgehead atoms. The summed E-state index contributed by atoms with van der Waals surface area (Å²) in [6, 6.07) is 0. The second kappa shape index (κ2) is 9.26. The van der Waals surface area contributed by atoms with Crippen LogP contribution in [0.5, 0.6) is 0 Å². The Balaban J connectivity index is 5.08. The van der Waals surface area contributed by atoms with Crippen LogP contribution in [0.15, 0.2) is 12.2 Å². The second-order valence-electron chi connectivity index (χ2n) is 3.75. The van der Waals surface area contributed by atoms with Crippen molar-refractivity contribution in [2.45, 2.75) is 33.5 Å². The Morgan fingerprint density at radius 2 is 1.68 bits per heavy atom. The highest BCUT2D eigenvalue weighted by Gasteiger charge is 2.43. The molecule has 0 heterocycles. The molecular weight excluding hydrogens is 271 g/mol. The number of ether oxygens (including phenoxy) is 2. The van der Waals surface area contributed by atoms with Crippen LogP contribution in [-0.2, 0) is 27.9 Å². The molecule has 0 amide bonds. The van der Waals surface area contributed by atoms with Crippen molar-refractivity contribution in [2.24, 2.45) is 0 Å². The van der Waals surface area contributed by atoms with E-state index in [2.05, 4.69) is 6.58 Å². The van der Waals surface area contributed by atoms with Crippen LogP contribution in [0.25, 0.3) is 0 Å². The molecule has 1 atom stereocenters. The summed E-state index contributed by atoms with van der Waals surface area (Å²) in [7, 11) is -3.71. The molecule has 0 aliphatic carbocycles. The molecule has 7 heteroatoms. The SMILES string of the molecule is C=C(C)CO[C@@H](C(=O)OCC)P(=O)(OCC)OCC. The lowest BCUT2D eigenvalue weighted by atomic mass is 10.4. The molecule has 0 N–H and O–H groups in total. The summed E-state index contributed by atoms with van der Waals surface area (Å²) in [6.45, 7) is 10.9. The average molecular weight is 294 g/mol. The molecule has 0 saturated heterocycles. The van der Waals surface area contributed by atoms with Crippen LogP contribution in [0.4, 0.5) is 0 Å². The molecule has 0 unspecified atom stereocenters. The zero-order valence-corrected chi connectivity index (χ0v) is 12.9. The molecule has 19 heavy (non-hydrogen) atoms. The third kappa shape index (κ3) is 6.34. The highest BCUT2D eigenvalue weighted by molar-refractivity contribution is 7.55. The largest absolute Gasteiger partial charge is 0.464 e. The van der Waals surface area contributed by atoms with Gasteiger partial charge in [-0.2, -0.15) is 0 Å². The van der Waals surface area contributed by atoms with Crippen LogP contribution >= 0.6 is 7.60 Å². The van der Waals surface area contributed by atoms with E-state index in [-0.39, 0.29) is 26.4 Å². The van der Waals surface area contributed by atoms with Crippen molar-refractivity contribution < 1.29 is 27.9 Å². The molecule has 0 radical (unpaired) electrons. The third-order valence-electron chi connectivity index (χ3n) is 1.88. The van der Waals surface area contributed by atoms with Crippen molar-refractivity contribution in [2.75, 3.05) is 26.4 Å². The van der Waals surface area contributed by atoms with E-state index in [1.165, 1.54) is 0 Å². The molecule has 0 aromatic carbocycles. The number of rotatable bonds is 10. The smallest absolute Gasteiger partial charge is 0.370 e. The number of hydrogen-bond acceptors (Lipinski definition) is 6. The Hall–Kier alpha value is -0.680. The van der Waals surface area contributed by atoms with Gasteiger partial charge >= 0.3 is 13.6 Å². The van der Waals surface area contributed by atoms with Crippen molar-refractivity contribution in [3.05, 3.63) is 12.2 Å². The monoisotopic (exact) mass is 294 g/mol. The molecule has 0 spiro atoms. The van der Waals surface area contributed by atoms with E-state index in [9.17, 15) is 9.36 Å². The van der Waals surface area contributed by atoms with Gasteiger partial charge in [-0.25, -0.2) is 4.79 Å². The maximum Gasteiger partial charge on any atom is 0.370 e. The van der Waals surface area contributed by atoms with Gasteiger partial charge in [0.2, 0.25) is 0 Å². The number of carbonyl (C=O) groups excluding carboxylic acids is 1. The molecule has 6 nitrogen and oxygen atoms in total. The summed E-state index contributed by atoms with van der Waals surface area (Å²) >= 11 is 0. The Labute approximate surface area is 114 Å². The summed E-state index contributed by atoms with van der Waals surface area (Å²) in [5.41, 5.74) is 0.689. The fourth-order valence-corrected chi connectivity index (χ4v) is 2.91. The minimum Gasteiger partial charge on any atom is -0.464 e. The minimum atomic E-state index is -3.71. The van der Waals surface area contributed by atoms with Gasteiger partial charge in [-0.1, -0.05) is 12.2 Å². The van der Waals surface area contributed by atoms with E-state index in [1.807, 2.05) is 0 Å². The first-order valence-corrected chi connectivity index (χ1v) is 7.83. The van der Waals surface area contributed by atoms with Gasteiger partial charge in [0.05, 0.1) is 26.4 Å². The van der Waals surface area contributed by atoms with Crippen molar-refractivity contribution in [1.82, 2.24) is 0 Å². The topological polar surface area (TPSA) is 71.1 Å². The zero-order valence-electron chi connectivity index (χ0n) is 12.0. The lowest BCUT2D eigenvalue weighted by Gasteiger charge is -2.24. The van der Waals surface area contributed by atoms with Gasteiger partial charge < -0.3 is 18.5 Å². The number of carbonyl (C=O) groups is 1. The van der Waals surface area contributed by atoms with E-state index in [1.54, 1.807) is 27.7 Å². The first kappa shape index (κ1) is 18.3. The van der Waals surface area contributed by atoms with Gasteiger partial charge in [-0.15, -0.1) is 0 Å².